The van der Waals surface area contributed by atoms with Gasteiger partial charge in [0, 0.05) is 11.5 Å². The number of carbonyl (C=O) groups is 4. The fourth-order valence-electron chi connectivity index (χ4n) is 0.538. The third-order valence-electron chi connectivity index (χ3n) is 1.10. The molecule has 0 aliphatic heterocycles. The summed E-state index contributed by atoms with van der Waals surface area (Å²) >= 11 is 0. The van der Waals surface area contributed by atoms with Gasteiger partial charge < -0.3 is 9.47 Å². The molecule has 0 aromatic carbocycles. The molecule has 6 nitrogen and oxygen atoms in total. The zero-order valence-corrected chi connectivity index (χ0v) is 9.88. The predicted molar refractivity (Wildman–Crippen MR) is 59.0 cm³/mol. The highest BCUT2D eigenvalue weighted by atomic mass is 33.1. The summed E-state index contributed by atoms with van der Waals surface area (Å²) in [5.74, 6) is -0.700. The predicted octanol–water partition coefficient (Wildman–Crippen LogP) is -0.148. The van der Waals surface area contributed by atoms with E-state index in [1.54, 1.807) is 0 Å². The minimum Gasteiger partial charge on any atom is -0.459 e. The van der Waals surface area contributed by atoms with Crippen molar-refractivity contribution in [2.75, 3.05) is 24.7 Å². The molecule has 0 saturated carbocycles. The first-order chi connectivity index (χ1) is 7.70. The molecular weight excluding hydrogens is 256 g/mol. The normalized spacial score (nSPS) is 9.25. The van der Waals surface area contributed by atoms with E-state index in [0.29, 0.717) is 11.5 Å². The van der Waals surface area contributed by atoms with Gasteiger partial charge in [-0.15, -0.1) is 0 Å². The number of rotatable bonds is 9. The SMILES string of the molecule is O=CC(=O)OCCSSCCOC(=O)C=O. The standard InChI is InChI=1S/C8H10O6S2/c9-5-7(11)13-1-3-15-16-4-2-14-8(12)6-10/h5-6H,1-4H2. The molecule has 0 rings (SSSR count). The van der Waals surface area contributed by atoms with Gasteiger partial charge in [-0.25, -0.2) is 9.59 Å². The average molecular weight is 266 g/mol. The second-order valence-electron chi connectivity index (χ2n) is 2.21. The van der Waals surface area contributed by atoms with E-state index < -0.39 is 11.9 Å². The van der Waals surface area contributed by atoms with E-state index >= 15 is 0 Å². The fourth-order valence-corrected chi connectivity index (χ4v) is 2.19. The van der Waals surface area contributed by atoms with Crippen LogP contribution in [0.3, 0.4) is 0 Å². The second-order valence-corrected chi connectivity index (χ2v) is 4.92. The van der Waals surface area contributed by atoms with Gasteiger partial charge >= 0.3 is 11.9 Å². The minimum absolute atomic E-state index is 0.108. The summed E-state index contributed by atoms with van der Waals surface area (Å²) in [6.45, 7) is 0.312. The molecule has 0 aromatic rings. The van der Waals surface area contributed by atoms with Crippen molar-refractivity contribution in [3.63, 3.8) is 0 Å². The molecule has 0 heterocycles. The van der Waals surface area contributed by atoms with E-state index in [1.165, 1.54) is 21.6 Å². The van der Waals surface area contributed by atoms with Crippen molar-refractivity contribution in [1.29, 1.82) is 0 Å². The smallest absolute Gasteiger partial charge is 0.371 e. The van der Waals surface area contributed by atoms with Crippen LogP contribution < -0.4 is 0 Å². The van der Waals surface area contributed by atoms with E-state index in [1.807, 2.05) is 0 Å². The van der Waals surface area contributed by atoms with Crippen molar-refractivity contribution in [2.24, 2.45) is 0 Å². The van der Waals surface area contributed by atoms with Crippen molar-refractivity contribution in [2.45, 2.75) is 0 Å². The van der Waals surface area contributed by atoms with Crippen molar-refractivity contribution >= 4 is 46.1 Å². The van der Waals surface area contributed by atoms with Crippen LogP contribution in [0, 0.1) is 0 Å². The Balaban J connectivity index is 3.15. The number of aldehydes is 2. The highest BCUT2D eigenvalue weighted by Gasteiger charge is 2.00. The number of ether oxygens (including phenoxy) is 2. The topological polar surface area (TPSA) is 86.7 Å². The Hall–Kier alpha value is -1.02. The Morgan fingerprint density at radius 2 is 1.25 bits per heavy atom. The third-order valence-corrected chi connectivity index (χ3v) is 3.43. The summed E-state index contributed by atoms with van der Waals surface area (Å²) in [4.78, 5) is 40.4. The second kappa shape index (κ2) is 10.5. The Morgan fingerprint density at radius 1 is 0.875 bits per heavy atom. The van der Waals surface area contributed by atoms with Gasteiger partial charge in [-0.2, -0.15) is 0 Å². The largest absolute Gasteiger partial charge is 0.459 e. The Morgan fingerprint density at radius 3 is 1.56 bits per heavy atom. The molecule has 0 atom stereocenters. The maximum absolute atomic E-state index is 10.4. The van der Waals surface area contributed by atoms with E-state index in [9.17, 15) is 19.2 Å². The zero-order chi connectivity index (χ0) is 12.2. The maximum atomic E-state index is 10.4. The zero-order valence-electron chi connectivity index (χ0n) is 8.25. The number of hydrogen-bond acceptors (Lipinski definition) is 8. The van der Waals surface area contributed by atoms with Crippen LogP contribution in [0.5, 0.6) is 0 Å². The molecule has 0 unspecified atom stereocenters. The lowest BCUT2D eigenvalue weighted by Crippen LogP contribution is -2.08. The van der Waals surface area contributed by atoms with Crippen LogP contribution in [0.2, 0.25) is 0 Å². The first kappa shape index (κ1) is 15.0. The van der Waals surface area contributed by atoms with Crippen molar-refractivity contribution < 1.29 is 28.7 Å². The Bertz CT molecular complexity index is 229. The van der Waals surface area contributed by atoms with Gasteiger partial charge in [0.25, 0.3) is 0 Å². The number of carbonyl (C=O) groups excluding carboxylic acids is 4. The van der Waals surface area contributed by atoms with E-state index in [-0.39, 0.29) is 25.8 Å². The first-order valence-corrected chi connectivity index (χ1v) is 6.67. The van der Waals surface area contributed by atoms with E-state index in [4.69, 9.17) is 0 Å². The molecule has 0 N–H and O–H groups in total. The molecule has 0 amide bonds. The van der Waals surface area contributed by atoms with Gasteiger partial charge in [0.15, 0.2) is 0 Å². The van der Waals surface area contributed by atoms with Gasteiger partial charge in [-0.05, 0) is 0 Å². The average Bonchev–Trinajstić information content (AvgIpc) is 2.31. The number of esters is 2. The molecule has 0 bridgehead atoms. The number of hydrogen-bond donors (Lipinski definition) is 0. The molecule has 0 aromatic heterocycles. The summed E-state index contributed by atoms with van der Waals surface area (Å²) < 4.78 is 8.96. The lowest BCUT2D eigenvalue weighted by molar-refractivity contribution is -0.148. The van der Waals surface area contributed by atoms with Crippen LogP contribution in [-0.4, -0.2) is 49.2 Å². The van der Waals surface area contributed by atoms with Crippen LogP contribution in [0.25, 0.3) is 0 Å². The molecule has 16 heavy (non-hydrogen) atoms. The molecule has 0 aliphatic carbocycles. The molecule has 90 valence electrons. The summed E-state index contributed by atoms with van der Waals surface area (Å²) in [5.41, 5.74) is 0. The summed E-state index contributed by atoms with van der Waals surface area (Å²) in [6, 6.07) is 0. The highest BCUT2D eigenvalue weighted by Crippen LogP contribution is 2.20. The van der Waals surface area contributed by atoms with Crippen LogP contribution in [-0.2, 0) is 28.7 Å². The quantitative estimate of drug-likeness (QED) is 0.187. The first-order valence-electron chi connectivity index (χ1n) is 4.19. The van der Waals surface area contributed by atoms with Crippen molar-refractivity contribution in [3.8, 4) is 0 Å². The van der Waals surface area contributed by atoms with Gasteiger partial charge in [0.2, 0.25) is 12.6 Å². The summed E-state index contributed by atoms with van der Waals surface area (Å²) in [5, 5.41) is 0. The van der Waals surface area contributed by atoms with Gasteiger partial charge in [0.1, 0.15) is 13.2 Å². The van der Waals surface area contributed by atoms with Crippen LogP contribution in [0.1, 0.15) is 0 Å². The van der Waals surface area contributed by atoms with Crippen LogP contribution in [0.4, 0.5) is 0 Å². The van der Waals surface area contributed by atoms with Crippen LogP contribution >= 0.6 is 21.6 Å². The fraction of sp³-hybridized carbons (Fsp3) is 0.500. The molecular formula is C8H10O6S2. The Kier molecular flexibility index (Phi) is 9.83. The lowest BCUT2D eigenvalue weighted by Gasteiger charge is -2.01. The third kappa shape index (κ3) is 9.53. The maximum Gasteiger partial charge on any atom is 0.371 e. The summed E-state index contributed by atoms with van der Waals surface area (Å²) in [6.07, 6.45) is 0.216. The van der Waals surface area contributed by atoms with E-state index in [2.05, 4.69) is 9.47 Å². The van der Waals surface area contributed by atoms with Gasteiger partial charge in [-0.1, -0.05) is 21.6 Å². The van der Waals surface area contributed by atoms with Crippen molar-refractivity contribution in [1.82, 2.24) is 0 Å². The monoisotopic (exact) mass is 266 g/mol. The van der Waals surface area contributed by atoms with Crippen LogP contribution in [0.15, 0.2) is 0 Å². The molecule has 0 spiro atoms. The van der Waals surface area contributed by atoms with Gasteiger partial charge in [-0.3, -0.25) is 9.59 Å². The summed E-state index contributed by atoms with van der Waals surface area (Å²) in [7, 11) is 2.82. The molecule has 0 fully saturated rings. The van der Waals surface area contributed by atoms with Crippen molar-refractivity contribution in [3.05, 3.63) is 0 Å². The van der Waals surface area contributed by atoms with Gasteiger partial charge in [0.05, 0.1) is 0 Å². The molecule has 8 heteroatoms. The Labute approximate surface area is 99.8 Å². The molecule has 0 saturated heterocycles. The lowest BCUT2D eigenvalue weighted by atomic mass is 10.7. The highest BCUT2D eigenvalue weighted by molar-refractivity contribution is 8.76. The molecule has 0 radical (unpaired) electrons. The molecule has 0 aliphatic rings. The minimum atomic E-state index is -0.884. The van der Waals surface area contributed by atoms with E-state index in [0.717, 1.165) is 0 Å².